The van der Waals surface area contributed by atoms with E-state index >= 15 is 0 Å². The predicted molar refractivity (Wildman–Crippen MR) is 81.1 cm³/mol. The van der Waals surface area contributed by atoms with E-state index in [1.165, 1.54) is 18.2 Å². The number of aromatic carboxylic acids is 1. The van der Waals surface area contributed by atoms with Gasteiger partial charge in [-0.3, -0.25) is 4.79 Å². The van der Waals surface area contributed by atoms with E-state index in [0.717, 1.165) is 0 Å². The minimum Gasteiger partial charge on any atom is -0.478 e. The van der Waals surface area contributed by atoms with Crippen molar-refractivity contribution < 1.29 is 19.8 Å². The number of nitrogens with one attached hydrogen (secondary N) is 1. The lowest BCUT2D eigenvalue weighted by atomic mass is 10.1. The molecule has 0 spiro atoms. The fraction of sp³-hybridized carbons (Fsp3) is 0.0667. The first-order valence-electron chi connectivity index (χ1n) is 6.06. The molecular weight excluding hydrogens is 338 g/mol. The van der Waals surface area contributed by atoms with Gasteiger partial charge in [-0.05, 0) is 39.7 Å². The van der Waals surface area contributed by atoms with Gasteiger partial charge in [0.15, 0.2) is 6.10 Å². The molecule has 0 saturated carbocycles. The lowest BCUT2D eigenvalue weighted by Crippen LogP contribution is -2.21. The summed E-state index contributed by atoms with van der Waals surface area (Å²) in [5.74, 6) is -1.73. The molecule has 0 aromatic heterocycles. The average Bonchev–Trinajstić information content (AvgIpc) is 2.49. The van der Waals surface area contributed by atoms with Crippen molar-refractivity contribution in [3.05, 3.63) is 64.1 Å². The molecule has 0 aliphatic heterocycles. The van der Waals surface area contributed by atoms with Gasteiger partial charge in [0.05, 0.1) is 11.3 Å². The zero-order chi connectivity index (χ0) is 15.4. The summed E-state index contributed by atoms with van der Waals surface area (Å²) in [5.41, 5.74) is 0.790. The molecule has 5 nitrogen and oxygen atoms in total. The highest BCUT2D eigenvalue weighted by Crippen LogP contribution is 2.25. The van der Waals surface area contributed by atoms with Crippen LogP contribution >= 0.6 is 15.9 Å². The number of benzene rings is 2. The van der Waals surface area contributed by atoms with Gasteiger partial charge in [-0.2, -0.15) is 0 Å². The maximum Gasteiger partial charge on any atom is 0.335 e. The SMILES string of the molecule is O=C(O)c1ccc(Br)c(NC(=O)C(O)c2ccccc2)c1. The molecule has 0 aliphatic carbocycles. The van der Waals surface area contributed by atoms with Crippen LogP contribution in [0, 0.1) is 0 Å². The van der Waals surface area contributed by atoms with E-state index in [1.54, 1.807) is 30.3 Å². The summed E-state index contributed by atoms with van der Waals surface area (Å²) < 4.78 is 0.529. The summed E-state index contributed by atoms with van der Waals surface area (Å²) in [5, 5.41) is 21.4. The topological polar surface area (TPSA) is 86.6 Å². The molecule has 0 radical (unpaired) electrons. The van der Waals surface area contributed by atoms with Gasteiger partial charge in [-0.15, -0.1) is 0 Å². The molecular formula is C15H12BrNO4. The van der Waals surface area contributed by atoms with Gasteiger partial charge >= 0.3 is 5.97 Å². The Morgan fingerprint density at radius 3 is 2.38 bits per heavy atom. The van der Waals surface area contributed by atoms with Crippen LogP contribution in [0.4, 0.5) is 5.69 Å². The Hall–Kier alpha value is -2.18. The smallest absolute Gasteiger partial charge is 0.335 e. The molecule has 2 rings (SSSR count). The Balaban J connectivity index is 2.20. The number of hydrogen-bond acceptors (Lipinski definition) is 3. The Morgan fingerprint density at radius 2 is 1.76 bits per heavy atom. The van der Waals surface area contributed by atoms with Crippen LogP contribution in [0.1, 0.15) is 22.0 Å². The Kier molecular flexibility index (Phi) is 4.72. The highest BCUT2D eigenvalue weighted by Gasteiger charge is 2.18. The largest absolute Gasteiger partial charge is 0.478 e. The van der Waals surface area contributed by atoms with E-state index in [-0.39, 0.29) is 11.3 Å². The van der Waals surface area contributed by atoms with Crippen molar-refractivity contribution in [2.75, 3.05) is 5.32 Å². The Morgan fingerprint density at radius 1 is 1.10 bits per heavy atom. The fourth-order valence-electron chi connectivity index (χ4n) is 1.74. The maximum absolute atomic E-state index is 12.0. The molecule has 6 heteroatoms. The predicted octanol–water partition coefficient (Wildman–Crippen LogP) is 2.82. The first kappa shape index (κ1) is 15.2. The molecule has 108 valence electrons. The van der Waals surface area contributed by atoms with Gasteiger partial charge in [0.25, 0.3) is 5.91 Å². The van der Waals surface area contributed by atoms with Gasteiger partial charge < -0.3 is 15.5 Å². The molecule has 0 heterocycles. The second kappa shape index (κ2) is 6.51. The number of hydrogen-bond donors (Lipinski definition) is 3. The summed E-state index contributed by atoms with van der Waals surface area (Å²) in [6.07, 6.45) is -1.33. The number of halogens is 1. The van der Waals surface area contributed by atoms with Gasteiger partial charge in [0.2, 0.25) is 0 Å². The van der Waals surface area contributed by atoms with Crippen LogP contribution < -0.4 is 5.32 Å². The normalized spacial score (nSPS) is 11.7. The number of carbonyl (C=O) groups is 2. The van der Waals surface area contributed by atoms with E-state index in [2.05, 4.69) is 21.2 Å². The monoisotopic (exact) mass is 349 g/mol. The van der Waals surface area contributed by atoms with Crippen LogP contribution in [-0.2, 0) is 4.79 Å². The zero-order valence-corrected chi connectivity index (χ0v) is 12.4. The summed E-state index contributed by atoms with van der Waals surface area (Å²) in [7, 11) is 0. The Bertz CT molecular complexity index is 673. The molecule has 0 saturated heterocycles. The number of carboxylic acid groups (broad SMARTS) is 1. The highest BCUT2D eigenvalue weighted by molar-refractivity contribution is 9.10. The third kappa shape index (κ3) is 3.68. The first-order valence-corrected chi connectivity index (χ1v) is 6.85. The molecule has 2 aromatic carbocycles. The van der Waals surface area contributed by atoms with Crippen LogP contribution in [0.2, 0.25) is 0 Å². The number of aliphatic hydroxyl groups is 1. The zero-order valence-electron chi connectivity index (χ0n) is 10.8. The van der Waals surface area contributed by atoms with Crippen molar-refractivity contribution in [2.24, 2.45) is 0 Å². The number of rotatable bonds is 4. The van der Waals surface area contributed by atoms with Crippen molar-refractivity contribution in [2.45, 2.75) is 6.10 Å². The summed E-state index contributed by atoms with van der Waals surface area (Å²) >= 11 is 3.22. The van der Waals surface area contributed by atoms with Crippen molar-refractivity contribution >= 4 is 33.5 Å². The summed E-state index contributed by atoms with van der Waals surface area (Å²) in [6.45, 7) is 0. The Labute approximate surface area is 129 Å². The lowest BCUT2D eigenvalue weighted by Gasteiger charge is -2.13. The average molecular weight is 350 g/mol. The molecule has 3 N–H and O–H groups in total. The number of carbonyl (C=O) groups excluding carboxylic acids is 1. The van der Waals surface area contributed by atoms with Crippen LogP contribution in [0.25, 0.3) is 0 Å². The molecule has 1 atom stereocenters. The van der Waals surface area contributed by atoms with Crippen molar-refractivity contribution in [3.63, 3.8) is 0 Å². The van der Waals surface area contributed by atoms with E-state index in [1.807, 2.05) is 0 Å². The van der Waals surface area contributed by atoms with Gasteiger partial charge in [0.1, 0.15) is 0 Å². The van der Waals surface area contributed by atoms with E-state index in [0.29, 0.717) is 10.0 Å². The second-order valence-electron chi connectivity index (χ2n) is 4.30. The van der Waals surface area contributed by atoms with Crippen LogP contribution in [0.3, 0.4) is 0 Å². The van der Waals surface area contributed by atoms with Crippen molar-refractivity contribution in [1.29, 1.82) is 0 Å². The standard InChI is InChI=1S/C15H12BrNO4/c16-11-7-6-10(15(20)21)8-12(11)17-14(19)13(18)9-4-2-1-3-5-9/h1-8,13,18H,(H,17,19)(H,20,21). The lowest BCUT2D eigenvalue weighted by molar-refractivity contribution is -0.124. The molecule has 1 amide bonds. The number of carboxylic acids is 1. The van der Waals surface area contributed by atoms with Crippen LogP contribution in [-0.4, -0.2) is 22.1 Å². The third-order valence-electron chi connectivity index (χ3n) is 2.83. The van der Waals surface area contributed by atoms with Gasteiger partial charge in [-0.25, -0.2) is 4.79 Å². The molecule has 0 aliphatic rings. The molecule has 21 heavy (non-hydrogen) atoms. The summed E-state index contributed by atoms with van der Waals surface area (Å²) in [6, 6.07) is 12.7. The minimum absolute atomic E-state index is 0.0442. The number of aliphatic hydroxyl groups excluding tert-OH is 1. The highest BCUT2D eigenvalue weighted by atomic mass is 79.9. The first-order chi connectivity index (χ1) is 9.99. The van der Waals surface area contributed by atoms with E-state index < -0.39 is 18.0 Å². The quantitative estimate of drug-likeness (QED) is 0.791. The van der Waals surface area contributed by atoms with E-state index in [9.17, 15) is 14.7 Å². The maximum atomic E-state index is 12.0. The van der Waals surface area contributed by atoms with Crippen molar-refractivity contribution in [1.82, 2.24) is 0 Å². The molecule has 0 bridgehead atoms. The van der Waals surface area contributed by atoms with Gasteiger partial charge in [-0.1, -0.05) is 30.3 Å². The van der Waals surface area contributed by atoms with Crippen LogP contribution in [0.15, 0.2) is 53.0 Å². The van der Waals surface area contributed by atoms with Crippen LogP contribution in [0.5, 0.6) is 0 Å². The molecule has 1 unspecified atom stereocenters. The molecule has 0 fully saturated rings. The van der Waals surface area contributed by atoms with Gasteiger partial charge in [0, 0.05) is 4.47 Å². The van der Waals surface area contributed by atoms with E-state index in [4.69, 9.17) is 5.11 Å². The second-order valence-corrected chi connectivity index (χ2v) is 5.16. The number of anilines is 1. The number of amides is 1. The molecule has 2 aromatic rings. The van der Waals surface area contributed by atoms with Crippen molar-refractivity contribution in [3.8, 4) is 0 Å². The fourth-order valence-corrected chi connectivity index (χ4v) is 2.09. The summed E-state index contributed by atoms with van der Waals surface area (Å²) in [4.78, 5) is 22.9. The third-order valence-corrected chi connectivity index (χ3v) is 3.53. The minimum atomic E-state index is -1.33.